The highest BCUT2D eigenvalue weighted by Gasteiger charge is 2.28. The van der Waals surface area contributed by atoms with E-state index in [0.29, 0.717) is 12.6 Å². The summed E-state index contributed by atoms with van der Waals surface area (Å²) in [5.74, 6) is 1.20. The van der Waals surface area contributed by atoms with Crippen molar-refractivity contribution in [2.45, 2.75) is 58.5 Å². The van der Waals surface area contributed by atoms with Crippen LogP contribution in [0.1, 0.15) is 43.3 Å². The van der Waals surface area contributed by atoms with Gasteiger partial charge in [0.1, 0.15) is 12.4 Å². The summed E-state index contributed by atoms with van der Waals surface area (Å²) in [5.41, 5.74) is 2.36. The number of carbonyl (C=O) groups is 1. The van der Waals surface area contributed by atoms with Gasteiger partial charge in [0.25, 0.3) is 0 Å². The lowest BCUT2D eigenvalue weighted by molar-refractivity contribution is -0.132. The lowest BCUT2D eigenvalue weighted by atomic mass is 10.0. The van der Waals surface area contributed by atoms with Gasteiger partial charge in [-0.05, 0) is 50.3 Å². The van der Waals surface area contributed by atoms with Crippen LogP contribution in [-0.4, -0.2) is 37.9 Å². The first-order chi connectivity index (χ1) is 11.7. The van der Waals surface area contributed by atoms with Crippen molar-refractivity contribution in [3.63, 3.8) is 0 Å². The molecule has 2 aromatic heterocycles. The van der Waals surface area contributed by atoms with E-state index in [-0.39, 0.29) is 5.91 Å². The summed E-state index contributed by atoms with van der Waals surface area (Å²) in [6.07, 6.45) is 10.7. The lowest BCUT2D eigenvalue weighted by Gasteiger charge is -2.25. The molecule has 1 aliphatic heterocycles. The molecule has 0 bridgehead atoms. The molecule has 1 aliphatic rings. The Hall–Kier alpha value is -2.17. The second-order valence-electron chi connectivity index (χ2n) is 6.55. The standard InChI is InChI=1S/C19H26N4O/c1-3-18-21-10-12-22(18)14-19(24)23-11-4-5-17(23)7-6-16-8-9-20-15(2)13-16/h8-10,12-13,17H,3-7,11,14H2,1-2H3. The number of rotatable bonds is 6. The minimum Gasteiger partial charge on any atom is -0.338 e. The molecule has 2 aromatic rings. The number of carbonyl (C=O) groups excluding carboxylic acids is 1. The minimum atomic E-state index is 0.219. The van der Waals surface area contributed by atoms with Crippen LogP contribution in [-0.2, 0) is 24.2 Å². The van der Waals surface area contributed by atoms with Gasteiger partial charge in [0.2, 0.25) is 5.91 Å². The van der Waals surface area contributed by atoms with Crippen LogP contribution in [0.25, 0.3) is 0 Å². The third kappa shape index (κ3) is 3.83. The smallest absolute Gasteiger partial charge is 0.242 e. The third-order valence-corrected chi connectivity index (χ3v) is 4.85. The minimum absolute atomic E-state index is 0.219. The van der Waals surface area contributed by atoms with Crippen molar-refractivity contribution in [3.8, 4) is 0 Å². The van der Waals surface area contributed by atoms with Crippen LogP contribution in [0.15, 0.2) is 30.7 Å². The zero-order valence-corrected chi connectivity index (χ0v) is 14.6. The highest BCUT2D eigenvalue weighted by atomic mass is 16.2. The Morgan fingerprint density at radius 2 is 2.21 bits per heavy atom. The molecule has 3 heterocycles. The Balaban J connectivity index is 1.59. The Labute approximate surface area is 143 Å². The van der Waals surface area contributed by atoms with Gasteiger partial charge in [-0.1, -0.05) is 6.92 Å². The predicted octanol–water partition coefficient (Wildman–Crippen LogP) is 2.77. The Morgan fingerprint density at radius 3 is 3.00 bits per heavy atom. The average Bonchev–Trinajstić information content (AvgIpc) is 3.21. The average molecular weight is 326 g/mol. The first-order valence-electron chi connectivity index (χ1n) is 8.88. The highest BCUT2D eigenvalue weighted by molar-refractivity contribution is 5.76. The molecule has 1 saturated heterocycles. The normalized spacial score (nSPS) is 17.4. The molecule has 1 atom stereocenters. The summed E-state index contributed by atoms with van der Waals surface area (Å²) in [6, 6.07) is 4.58. The van der Waals surface area contributed by atoms with E-state index in [1.54, 1.807) is 6.20 Å². The van der Waals surface area contributed by atoms with Crippen LogP contribution in [0.3, 0.4) is 0 Å². The van der Waals surface area contributed by atoms with E-state index in [1.807, 2.05) is 23.9 Å². The van der Waals surface area contributed by atoms with Crippen LogP contribution in [0.2, 0.25) is 0 Å². The van der Waals surface area contributed by atoms with E-state index in [0.717, 1.165) is 50.2 Å². The molecule has 0 spiro atoms. The van der Waals surface area contributed by atoms with Gasteiger partial charge in [-0.25, -0.2) is 4.98 Å². The number of nitrogens with zero attached hydrogens (tertiary/aromatic N) is 4. The summed E-state index contributed by atoms with van der Waals surface area (Å²) in [5, 5.41) is 0. The summed E-state index contributed by atoms with van der Waals surface area (Å²) < 4.78 is 1.98. The second-order valence-corrected chi connectivity index (χ2v) is 6.55. The predicted molar refractivity (Wildman–Crippen MR) is 93.6 cm³/mol. The molecule has 0 aromatic carbocycles. The fourth-order valence-corrected chi connectivity index (χ4v) is 3.59. The molecule has 24 heavy (non-hydrogen) atoms. The third-order valence-electron chi connectivity index (χ3n) is 4.85. The Morgan fingerprint density at radius 1 is 1.33 bits per heavy atom. The maximum atomic E-state index is 12.7. The molecule has 5 heteroatoms. The molecule has 0 saturated carbocycles. The van der Waals surface area contributed by atoms with Crippen LogP contribution in [0.5, 0.6) is 0 Å². The number of likely N-dealkylation sites (tertiary alicyclic amines) is 1. The lowest BCUT2D eigenvalue weighted by Crippen LogP contribution is -2.38. The molecule has 1 fully saturated rings. The van der Waals surface area contributed by atoms with Crippen molar-refractivity contribution >= 4 is 5.91 Å². The number of imidazole rings is 1. The monoisotopic (exact) mass is 326 g/mol. The fraction of sp³-hybridized carbons (Fsp3) is 0.526. The number of pyridine rings is 1. The van der Waals surface area contributed by atoms with Crippen molar-refractivity contribution < 1.29 is 4.79 Å². The molecule has 5 nitrogen and oxygen atoms in total. The van der Waals surface area contributed by atoms with Crippen molar-refractivity contribution in [2.75, 3.05) is 6.54 Å². The van der Waals surface area contributed by atoms with Gasteiger partial charge in [-0.15, -0.1) is 0 Å². The molecular formula is C19H26N4O. The number of hydrogen-bond donors (Lipinski definition) is 0. The molecule has 0 N–H and O–H groups in total. The number of aryl methyl sites for hydroxylation is 3. The summed E-state index contributed by atoms with van der Waals surface area (Å²) in [7, 11) is 0. The van der Waals surface area contributed by atoms with Gasteiger partial charge >= 0.3 is 0 Å². The number of amides is 1. The first kappa shape index (κ1) is 16.7. The van der Waals surface area contributed by atoms with Crippen molar-refractivity contribution in [2.24, 2.45) is 0 Å². The molecule has 128 valence electrons. The van der Waals surface area contributed by atoms with Crippen molar-refractivity contribution in [1.82, 2.24) is 19.4 Å². The fourth-order valence-electron chi connectivity index (χ4n) is 3.59. The summed E-state index contributed by atoms with van der Waals surface area (Å²) in [6.45, 7) is 5.38. The van der Waals surface area contributed by atoms with Crippen LogP contribution in [0.4, 0.5) is 0 Å². The molecule has 1 unspecified atom stereocenters. The van der Waals surface area contributed by atoms with Gasteiger partial charge in [-0.3, -0.25) is 9.78 Å². The second kappa shape index (κ2) is 7.60. The van der Waals surface area contributed by atoms with E-state index >= 15 is 0 Å². The van der Waals surface area contributed by atoms with Crippen LogP contribution < -0.4 is 0 Å². The topological polar surface area (TPSA) is 51.0 Å². The van der Waals surface area contributed by atoms with Gasteiger partial charge < -0.3 is 9.47 Å². The SMILES string of the molecule is CCc1nccn1CC(=O)N1CCCC1CCc1ccnc(C)c1. The van der Waals surface area contributed by atoms with Gasteiger partial charge in [0, 0.05) is 43.3 Å². The largest absolute Gasteiger partial charge is 0.338 e. The van der Waals surface area contributed by atoms with Gasteiger partial charge in [0.15, 0.2) is 0 Å². The Bertz CT molecular complexity index is 694. The van der Waals surface area contributed by atoms with E-state index in [4.69, 9.17) is 0 Å². The number of aromatic nitrogens is 3. The van der Waals surface area contributed by atoms with E-state index in [2.05, 4.69) is 33.9 Å². The van der Waals surface area contributed by atoms with Gasteiger partial charge in [-0.2, -0.15) is 0 Å². The van der Waals surface area contributed by atoms with E-state index < -0.39 is 0 Å². The van der Waals surface area contributed by atoms with Gasteiger partial charge in [0.05, 0.1) is 0 Å². The summed E-state index contributed by atoms with van der Waals surface area (Å²) in [4.78, 5) is 23.4. The molecule has 1 amide bonds. The molecule has 3 rings (SSSR count). The molecule has 0 aliphatic carbocycles. The first-order valence-corrected chi connectivity index (χ1v) is 8.88. The maximum absolute atomic E-state index is 12.7. The van der Waals surface area contributed by atoms with E-state index in [1.165, 1.54) is 5.56 Å². The zero-order chi connectivity index (χ0) is 16.9. The molecule has 0 radical (unpaired) electrons. The van der Waals surface area contributed by atoms with Crippen molar-refractivity contribution in [3.05, 3.63) is 47.8 Å². The van der Waals surface area contributed by atoms with Crippen LogP contribution >= 0.6 is 0 Å². The van der Waals surface area contributed by atoms with Crippen molar-refractivity contribution in [1.29, 1.82) is 0 Å². The summed E-state index contributed by atoms with van der Waals surface area (Å²) >= 11 is 0. The quantitative estimate of drug-likeness (QED) is 0.820. The number of hydrogen-bond acceptors (Lipinski definition) is 3. The van der Waals surface area contributed by atoms with E-state index in [9.17, 15) is 4.79 Å². The zero-order valence-electron chi connectivity index (χ0n) is 14.6. The highest BCUT2D eigenvalue weighted by Crippen LogP contribution is 2.22. The maximum Gasteiger partial charge on any atom is 0.242 e. The Kier molecular flexibility index (Phi) is 5.28. The van der Waals surface area contributed by atoms with Crippen LogP contribution in [0, 0.1) is 6.92 Å². The molecular weight excluding hydrogens is 300 g/mol.